The Bertz CT molecular complexity index is 1890. The van der Waals surface area contributed by atoms with Crippen molar-refractivity contribution in [1.29, 1.82) is 0 Å². The van der Waals surface area contributed by atoms with Crippen LogP contribution in [0.3, 0.4) is 0 Å². The maximum absolute atomic E-state index is 10.9. The summed E-state index contributed by atoms with van der Waals surface area (Å²) in [5, 5.41) is 24.0. The van der Waals surface area contributed by atoms with Gasteiger partial charge < -0.3 is 19.8 Å². The number of benzene rings is 2. The number of aromatic nitrogens is 2. The molecule has 2 N–H and O–H groups in total. The van der Waals surface area contributed by atoms with Crippen molar-refractivity contribution >= 4 is 17.3 Å². The van der Waals surface area contributed by atoms with Crippen LogP contribution < -0.4 is 15.0 Å². The van der Waals surface area contributed by atoms with Crippen molar-refractivity contribution in [1.82, 2.24) is 9.97 Å². The number of hydrogen-bond acceptors (Lipinski definition) is 7. The van der Waals surface area contributed by atoms with Crippen LogP contribution in [0.1, 0.15) is 194 Å². The summed E-state index contributed by atoms with van der Waals surface area (Å²) in [5.74, 6) is 3.65. The fourth-order valence-corrected chi connectivity index (χ4v) is 6.87. The largest absolute Gasteiger partial charge is 2.00 e. The molecule has 8 heteroatoms. The Balaban J connectivity index is 0.00000111. The van der Waals surface area contributed by atoms with Gasteiger partial charge in [-0.2, -0.15) is 0 Å². The van der Waals surface area contributed by atoms with Gasteiger partial charge in [-0.15, -0.1) is 0 Å². The fraction of sp³-hybridized carbons (Fsp3) is 0.538. The third-order valence-electron chi connectivity index (χ3n) is 10.5. The van der Waals surface area contributed by atoms with Crippen LogP contribution in [-0.4, -0.2) is 45.6 Å². The molecular weight excluding hydrogens is 818 g/mol. The van der Waals surface area contributed by atoms with Gasteiger partial charge in [0.05, 0.1) is 22.5 Å². The number of hydrogen-bond donors (Lipinski definition) is 2. The zero-order valence-corrected chi connectivity index (χ0v) is 44.2. The van der Waals surface area contributed by atoms with Crippen LogP contribution in [-0.2, 0) is 26.2 Å². The van der Waals surface area contributed by atoms with E-state index in [1.165, 1.54) is 54.6 Å². The van der Waals surface area contributed by atoms with Gasteiger partial charge in [0, 0.05) is 37.0 Å². The molecule has 0 aliphatic heterocycles. The Morgan fingerprint density at radius 2 is 0.800 bits per heavy atom. The van der Waals surface area contributed by atoms with E-state index in [1.54, 1.807) is 0 Å². The maximum Gasteiger partial charge on any atom is 2.00 e. The third-order valence-corrected chi connectivity index (χ3v) is 10.5. The average Bonchev–Trinajstić information content (AvgIpc) is 3.12. The second kappa shape index (κ2) is 22.9. The molecule has 0 saturated heterocycles. The molecule has 332 valence electrons. The van der Waals surface area contributed by atoms with Crippen LogP contribution in [0.4, 0.5) is 17.3 Å². The first-order chi connectivity index (χ1) is 26.2. The van der Waals surface area contributed by atoms with Crippen molar-refractivity contribution in [2.24, 2.45) is 0 Å². The fourth-order valence-electron chi connectivity index (χ4n) is 6.87. The zero-order valence-electron chi connectivity index (χ0n) is 41.8. The summed E-state index contributed by atoms with van der Waals surface area (Å²) in [4.78, 5) is 11.9. The minimum Gasteiger partial charge on any atom is -0.377 e. The van der Waals surface area contributed by atoms with E-state index in [-0.39, 0.29) is 41.1 Å². The Morgan fingerprint density at radius 1 is 0.467 bits per heavy atom. The van der Waals surface area contributed by atoms with Crippen molar-refractivity contribution in [3.05, 3.63) is 103 Å². The van der Waals surface area contributed by atoms with E-state index in [9.17, 15) is 10.4 Å². The van der Waals surface area contributed by atoms with Gasteiger partial charge in [-0.05, 0) is 129 Å². The topological polar surface area (TPSA) is 76.0 Å². The molecule has 2 aromatic heterocycles. The Hall–Kier alpha value is -3.06. The molecule has 2 aromatic carbocycles. The van der Waals surface area contributed by atoms with Gasteiger partial charge in [-0.1, -0.05) is 113 Å². The Kier molecular flexibility index (Phi) is 21.7. The van der Waals surface area contributed by atoms with E-state index in [1.807, 2.05) is 73.8 Å². The zero-order chi connectivity index (χ0) is 43.5. The Labute approximate surface area is 387 Å². The van der Waals surface area contributed by atoms with Crippen molar-refractivity contribution in [3.8, 4) is 22.5 Å². The van der Waals surface area contributed by atoms with E-state index >= 15 is 0 Å². The third kappa shape index (κ3) is 14.0. The van der Waals surface area contributed by atoms with Crippen LogP contribution in [0, 0.1) is 14.9 Å². The van der Waals surface area contributed by atoms with Crippen molar-refractivity contribution in [2.75, 3.05) is 29.1 Å². The summed E-state index contributed by atoms with van der Waals surface area (Å²) in [6.07, 6.45) is 0. The molecule has 0 saturated carbocycles. The van der Waals surface area contributed by atoms with Crippen LogP contribution >= 0.6 is 0 Å². The van der Waals surface area contributed by atoms with Crippen molar-refractivity contribution in [2.45, 2.75) is 171 Å². The molecule has 60 heavy (non-hydrogen) atoms. The second-order valence-electron chi connectivity index (χ2n) is 19.9. The number of rotatable bonds is 11. The summed E-state index contributed by atoms with van der Waals surface area (Å²) < 4.78 is 0. The normalized spacial score (nSPS) is 11.7. The number of hydroxylamine groups is 2. The number of pyridine rings is 2. The Morgan fingerprint density at radius 3 is 1.12 bits per heavy atom. The predicted octanol–water partition coefficient (Wildman–Crippen LogP) is 15.2. The molecule has 0 unspecified atom stereocenters. The summed E-state index contributed by atoms with van der Waals surface area (Å²) in [7, 11) is 4.05. The molecule has 7 nitrogen and oxygen atoms in total. The smallest absolute Gasteiger partial charge is 0.377 e. The molecule has 0 spiro atoms. The molecule has 0 atom stereocenters. The van der Waals surface area contributed by atoms with Gasteiger partial charge in [-0.25, -0.2) is 20.1 Å². The molecular formula is C52H83N5O2Zr. The van der Waals surface area contributed by atoms with Gasteiger partial charge in [-0.3, -0.25) is 10.4 Å². The molecule has 4 aromatic rings. The average molecular weight is 901 g/mol. The number of anilines is 3. The molecule has 0 amide bonds. The van der Waals surface area contributed by atoms with E-state index < -0.39 is 11.1 Å². The molecule has 2 heterocycles. The first-order valence-corrected chi connectivity index (χ1v) is 21.2. The van der Waals surface area contributed by atoms with E-state index in [2.05, 4.69) is 124 Å². The molecule has 0 bridgehead atoms. The van der Waals surface area contributed by atoms with Gasteiger partial charge in [0.25, 0.3) is 0 Å². The summed E-state index contributed by atoms with van der Waals surface area (Å²) in [6.45, 7) is 38.8. The van der Waals surface area contributed by atoms with Crippen molar-refractivity contribution in [3.63, 3.8) is 0 Å². The second-order valence-corrected chi connectivity index (χ2v) is 19.9. The van der Waals surface area contributed by atoms with E-state index in [0.717, 1.165) is 17.1 Å². The first-order valence-electron chi connectivity index (χ1n) is 21.2. The van der Waals surface area contributed by atoms with Crippen molar-refractivity contribution < 1.29 is 36.6 Å². The molecule has 0 fully saturated rings. The van der Waals surface area contributed by atoms with E-state index in [4.69, 9.17) is 9.97 Å². The SMILES string of the molecule is CC(C)c1cc(C(C)C)c(-c2cc(N(C)C)cc(N(O)C(C)(C)C)n2)c(C(C)C)c1.CC(C)c1cc(C(C)C)c(-c2cccc(N(O)C(C)(C)C)n2)c(C(C)C)c1.[CH3-].[CH3-].[Zr+2]. The van der Waals surface area contributed by atoms with Crippen LogP contribution in [0.15, 0.2) is 54.6 Å². The van der Waals surface area contributed by atoms with Gasteiger partial charge in [0.1, 0.15) is 0 Å². The first kappa shape index (κ1) is 56.9. The molecule has 4 rings (SSSR count). The van der Waals surface area contributed by atoms with Gasteiger partial charge in [0.2, 0.25) is 0 Å². The summed E-state index contributed by atoms with van der Waals surface area (Å²) in [6, 6.07) is 19.4. The molecule has 0 aliphatic rings. The van der Waals surface area contributed by atoms with Crippen LogP contribution in [0.5, 0.6) is 0 Å². The van der Waals surface area contributed by atoms with Gasteiger partial charge in [0.15, 0.2) is 11.6 Å². The molecule has 0 radical (unpaired) electrons. The molecule has 0 aliphatic carbocycles. The summed E-state index contributed by atoms with van der Waals surface area (Å²) >= 11 is 0. The van der Waals surface area contributed by atoms with Gasteiger partial charge >= 0.3 is 26.2 Å². The standard InChI is InChI=1S/C26H41N3O.C24H36N2O.2CH3.Zr/c1-16(2)19-12-21(17(3)4)25(22(13-19)18(5)6)23-14-20(28(10)11)15-24(27-23)29(30)26(7,8)9;1-15(2)18-13-19(16(3)4)23(20(14-18)17(5)6)21-11-10-12-22(25-21)26(27)24(7,8)9;;;/h12-18,30H,1-11H3;10-17,27H,1-9H3;2*1H3;/q;;2*-1;+2. The monoisotopic (exact) mass is 900 g/mol. The predicted molar refractivity (Wildman–Crippen MR) is 259 cm³/mol. The van der Waals surface area contributed by atoms with Crippen LogP contribution in [0.2, 0.25) is 0 Å². The maximum atomic E-state index is 10.9. The summed E-state index contributed by atoms with van der Waals surface area (Å²) in [5.41, 5.74) is 12.5. The minimum atomic E-state index is -0.446. The van der Waals surface area contributed by atoms with Crippen LogP contribution in [0.25, 0.3) is 22.5 Å². The van der Waals surface area contributed by atoms with E-state index in [0.29, 0.717) is 47.1 Å². The quantitative estimate of drug-likeness (QED) is 0.115. The minimum absolute atomic E-state index is 0. The number of nitrogens with zero attached hydrogens (tertiary/aromatic N) is 5.